The average molecular weight is 375 g/mol. The molecule has 2 N–H and O–H groups in total. The highest BCUT2D eigenvalue weighted by Gasteiger charge is 2.15. The first-order valence-electron chi connectivity index (χ1n) is 8.93. The standard InChI is InChI=1S/C20H23F2N3O2/c1-27-15-3-5-16(19(22)13-15)14-2-4-17(18(21)12-14)20(26)24-8-11-25-9-6-23-7-10-25/h2-5,12-13,23H,6-11H2,1H3,(H,24,26). The van der Waals surface area contributed by atoms with E-state index >= 15 is 0 Å². The van der Waals surface area contributed by atoms with Gasteiger partial charge in [-0.3, -0.25) is 9.69 Å². The van der Waals surface area contributed by atoms with E-state index in [-0.39, 0.29) is 11.1 Å². The number of benzene rings is 2. The number of hydrogen-bond acceptors (Lipinski definition) is 4. The molecule has 27 heavy (non-hydrogen) atoms. The molecule has 0 radical (unpaired) electrons. The second-order valence-electron chi connectivity index (χ2n) is 6.39. The fraction of sp³-hybridized carbons (Fsp3) is 0.350. The van der Waals surface area contributed by atoms with Crippen LogP contribution in [0.1, 0.15) is 10.4 Å². The quantitative estimate of drug-likeness (QED) is 0.813. The molecule has 1 amide bonds. The van der Waals surface area contributed by atoms with Crippen molar-refractivity contribution >= 4 is 5.91 Å². The van der Waals surface area contributed by atoms with E-state index < -0.39 is 17.5 Å². The van der Waals surface area contributed by atoms with E-state index in [0.717, 1.165) is 32.7 Å². The fourth-order valence-electron chi connectivity index (χ4n) is 3.08. The van der Waals surface area contributed by atoms with Crippen LogP contribution in [-0.4, -0.2) is 57.2 Å². The molecule has 1 fully saturated rings. The first kappa shape index (κ1) is 19.3. The third-order valence-corrected chi connectivity index (χ3v) is 4.62. The minimum absolute atomic E-state index is 0.0482. The van der Waals surface area contributed by atoms with Gasteiger partial charge in [-0.25, -0.2) is 8.78 Å². The lowest BCUT2D eigenvalue weighted by molar-refractivity contribution is 0.0943. The number of carbonyl (C=O) groups excluding carboxylic acids is 1. The molecule has 0 saturated carbocycles. The number of piperazine rings is 1. The van der Waals surface area contributed by atoms with Gasteiger partial charge >= 0.3 is 0 Å². The van der Waals surface area contributed by atoms with Crippen molar-refractivity contribution in [1.29, 1.82) is 0 Å². The van der Waals surface area contributed by atoms with Crippen molar-refractivity contribution in [3.63, 3.8) is 0 Å². The molecule has 144 valence electrons. The third-order valence-electron chi connectivity index (χ3n) is 4.62. The minimum atomic E-state index is -0.678. The smallest absolute Gasteiger partial charge is 0.254 e. The Bertz CT molecular complexity index is 808. The molecule has 0 unspecified atom stereocenters. The van der Waals surface area contributed by atoms with Crippen LogP contribution in [0.3, 0.4) is 0 Å². The van der Waals surface area contributed by atoms with Crippen LogP contribution in [0.15, 0.2) is 36.4 Å². The number of amides is 1. The monoisotopic (exact) mass is 375 g/mol. The lowest BCUT2D eigenvalue weighted by Gasteiger charge is -2.27. The Hall–Kier alpha value is -2.51. The summed E-state index contributed by atoms with van der Waals surface area (Å²) in [5.74, 6) is -1.27. The number of carbonyl (C=O) groups is 1. The molecule has 1 aliphatic rings. The van der Waals surface area contributed by atoms with E-state index in [9.17, 15) is 13.6 Å². The van der Waals surface area contributed by atoms with Crippen molar-refractivity contribution in [2.24, 2.45) is 0 Å². The molecular formula is C20H23F2N3O2. The normalized spacial score (nSPS) is 14.8. The number of ether oxygens (including phenoxy) is 1. The van der Waals surface area contributed by atoms with Gasteiger partial charge in [-0.1, -0.05) is 6.07 Å². The van der Waals surface area contributed by atoms with E-state index in [2.05, 4.69) is 15.5 Å². The third kappa shape index (κ3) is 4.81. The molecule has 1 aliphatic heterocycles. The Labute approximate surface area is 157 Å². The number of halogens is 2. The molecule has 7 heteroatoms. The largest absolute Gasteiger partial charge is 0.497 e. The molecule has 2 aromatic rings. The molecule has 0 aromatic heterocycles. The predicted molar refractivity (Wildman–Crippen MR) is 100.0 cm³/mol. The van der Waals surface area contributed by atoms with Gasteiger partial charge < -0.3 is 15.4 Å². The highest BCUT2D eigenvalue weighted by atomic mass is 19.1. The molecule has 3 rings (SSSR count). The number of rotatable bonds is 6. The number of nitrogens with one attached hydrogen (secondary N) is 2. The summed E-state index contributed by atoms with van der Waals surface area (Å²) in [4.78, 5) is 14.5. The topological polar surface area (TPSA) is 53.6 Å². The summed E-state index contributed by atoms with van der Waals surface area (Å²) >= 11 is 0. The van der Waals surface area contributed by atoms with Crippen molar-refractivity contribution in [3.8, 4) is 16.9 Å². The minimum Gasteiger partial charge on any atom is -0.497 e. The van der Waals surface area contributed by atoms with Gasteiger partial charge in [-0.2, -0.15) is 0 Å². The first-order chi connectivity index (χ1) is 13.1. The van der Waals surface area contributed by atoms with Crippen molar-refractivity contribution in [1.82, 2.24) is 15.5 Å². The Kier molecular flexibility index (Phi) is 6.36. The number of hydrogen-bond donors (Lipinski definition) is 2. The van der Waals surface area contributed by atoms with E-state index in [1.165, 1.54) is 31.4 Å². The van der Waals surface area contributed by atoms with Gasteiger partial charge in [0.05, 0.1) is 12.7 Å². The van der Waals surface area contributed by atoms with Crippen molar-refractivity contribution < 1.29 is 18.3 Å². The zero-order valence-electron chi connectivity index (χ0n) is 15.2. The van der Waals surface area contributed by atoms with E-state index in [4.69, 9.17) is 4.74 Å². The summed E-state index contributed by atoms with van der Waals surface area (Å²) in [5, 5.41) is 6.01. The van der Waals surface area contributed by atoms with Gasteiger partial charge in [0.15, 0.2) is 0 Å². The average Bonchev–Trinajstić information content (AvgIpc) is 2.68. The van der Waals surface area contributed by atoms with Gasteiger partial charge in [0, 0.05) is 50.9 Å². The second kappa shape index (κ2) is 8.92. The molecule has 0 aliphatic carbocycles. The Balaban J connectivity index is 1.64. The lowest BCUT2D eigenvalue weighted by atomic mass is 10.0. The van der Waals surface area contributed by atoms with Gasteiger partial charge in [-0.05, 0) is 29.8 Å². The molecular weight excluding hydrogens is 352 g/mol. The number of methoxy groups -OCH3 is 1. The Morgan fingerprint density at radius 3 is 2.59 bits per heavy atom. The van der Waals surface area contributed by atoms with Crippen molar-refractivity contribution in [3.05, 3.63) is 53.6 Å². The summed E-state index contributed by atoms with van der Waals surface area (Å²) in [7, 11) is 1.45. The van der Waals surface area contributed by atoms with Crippen LogP contribution in [0.4, 0.5) is 8.78 Å². The van der Waals surface area contributed by atoms with Crippen LogP contribution in [0.5, 0.6) is 5.75 Å². The first-order valence-corrected chi connectivity index (χ1v) is 8.93. The Morgan fingerprint density at radius 2 is 1.93 bits per heavy atom. The van der Waals surface area contributed by atoms with E-state index in [1.807, 2.05) is 0 Å². The molecule has 0 bridgehead atoms. The van der Waals surface area contributed by atoms with Crippen molar-refractivity contribution in [2.75, 3.05) is 46.4 Å². The highest BCUT2D eigenvalue weighted by Crippen LogP contribution is 2.27. The summed E-state index contributed by atoms with van der Waals surface area (Å²) in [5.41, 5.74) is 0.568. The van der Waals surface area contributed by atoms with Crippen LogP contribution in [0.25, 0.3) is 11.1 Å². The number of nitrogens with zero attached hydrogens (tertiary/aromatic N) is 1. The molecule has 1 saturated heterocycles. The summed E-state index contributed by atoms with van der Waals surface area (Å²) in [6, 6.07) is 8.47. The van der Waals surface area contributed by atoms with E-state index in [0.29, 0.717) is 17.9 Å². The molecule has 1 heterocycles. The van der Waals surface area contributed by atoms with Crippen LogP contribution >= 0.6 is 0 Å². The molecule has 5 nitrogen and oxygen atoms in total. The molecule has 0 atom stereocenters. The van der Waals surface area contributed by atoms with Crippen LogP contribution < -0.4 is 15.4 Å². The zero-order valence-corrected chi connectivity index (χ0v) is 15.2. The maximum Gasteiger partial charge on any atom is 0.254 e. The predicted octanol–water partition coefficient (Wildman–Crippen LogP) is 2.28. The van der Waals surface area contributed by atoms with Crippen LogP contribution in [-0.2, 0) is 0 Å². The molecule has 0 spiro atoms. The summed E-state index contributed by atoms with van der Waals surface area (Å²) < 4.78 is 33.6. The van der Waals surface area contributed by atoms with Crippen LogP contribution in [0.2, 0.25) is 0 Å². The fourth-order valence-corrected chi connectivity index (χ4v) is 3.08. The van der Waals surface area contributed by atoms with Crippen molar-refractivity contribution in [2.45, 2.75) is 0 Å². The van der Waals surface area contributed by atoms with Gasteiger partial charge in [0.25, 0.3) is 5.91 Å². The Morgan fingerprint density at radius 1 is 1.15 bits per heavy atom. The lowest BCUT2D eigenvalue weighted by Crippen LogP contribution is -2.46. The summed E-state index contributed by atoms with van der Waals surface area (Å²) in [6.45, 7) is 4.92. The van der Waals surface area contributed by atoms with Gasteiger partial charge in [-0.15, -0.1) is 0 Å². The second-order valence-corrected chi connectivity index (χ2v) is 6.39. The molecule has 2 aromatic carbocycles. The maximum absolute atomic E-state index is 14.4. The van der Waals surface area contributed by atoms with Gasteiger partial charge in [0.1, 0.15) is 17.4 Å². The maximum atomic E-state index is 14.4. The van der Waals surface area contributed by atoms with E-state index in [1.54, 1.807) is 12.1 Å². The van der Waals surface area contributed by atoms with Crippen LogP contribution in [0, 0.1) is 11.6 Å². The zero-order chi connectivity index (χ0) is 19.2. The highest BCUT2D eigenvalue weighted by molar-refractivity contribution is 5.95. The van der Waals surface area contributed by atoms with Gasteiger partial charge in [0.2, 0.25) is 0 Å². The summed E-state index contributed by atoms with van der Waals surface area (Å²) in [6.07, 6.45) is 0. The SMILES string of the molecule is COc1ccc(-c2ccc(C(=O)NCCN3CCNCC3)c(F)c2)c(F)c1.